The molecule has 0 aliphatic carbocycles. The first kappa shape index (κ1) is 21.7. The summed E-state index contributed by atoms with van der Waals surface area (Å²) < 4.78 is 4.94. The topological polar surface area (TPSA) is 95.9 Å². The number of hydrogen-bond donors (Lipinski definition) is 2. The fourth-order valence-electron chi connectivity index (χ4n) is 3.17. The smallest absolute Gasteiger partial charge is 0.327 e. The van der Waals surface area contributed by atoms with E-state index in [0.717, 1.165) is 0 Å². The van der Waals surface area contributed by atoms with Gasteiger partial charge in [-0.25, -0.2) is 4.79 Å². The molecule has 2 aliphatic heterocycles. The maximum Gasteiger partial charge on any atom is 0.327 e. The van der Waals surface area contributed by atoms with Crippen molar-refractivity contribution in [2.24, 2.45) is 0 Å². The second kappa shape index (κ2) is 8.20. The molecule has 0 bridgehead atoms. The van der Waals surface area contributed by atoms with Crippen molar-refractivity contribution in [1.82, 2.24) is 10.2 Å². The summed E-state index contributed by atoms with van der Waals surface area (Å²) in [6.07, 6.45) is -0.765. The number of hydrogen-bond acceptors (Lipinski definition) is 5. The molecule has 2 amide bonds. The van der Waals surface area contributed by atoms with E-state index in [0.29, 0.717) is 5.75 Å². The number of ether oxygens (including phenoxy) is 1. The monoisotopic (exact) mass is 403 g/mol. The summed E-state index contributed by atoms with van der Waals surface area (Å²) in [5.41, 5.74) is 0. The first-order valence-corrected chi connectivity index (χ1v) is 8.85. The number of carboxylic acids is 1. The Bertz CT molecular complexity index is 714. The van der Waals surface area contributed by atoms with Gasteiger partial charge in [0, 0.05) is 56.1 Å². The fourth-order valence-corrected chi connectivity index (χ4v) is 4.80. The third-order valence-corrected chi connectivity index (χ3v) is 5.97. The number of rotatable bonds is 5. The molecule has 26 heavy (non-hydrogen) atoms. The summed E-state index contributed by atoms with van der Waals surface area (Å²) >= 11 is 1.39. The van der Waals surface area contributed by atoms with Crippen LogP contribution in [0, 0.1) is 0 Å². The van der Waals surface area contributed by atoms with E-state index in [9.17, 15) is 19.5 Å². The van der Waals surface area contributed by atoms with Gasteiger partial charge in [-0.05, 0) is 32.9 Å². The maximum atomic E-state index is 12.4. The SMILES string of the molecule is CC(Oc1ccccc1)C(=O)N[C@@H]1C(=O)N2[C@@H]1SC(C)(C)[C@@H]2C(=O)O.[K]. The van der Waals surface area contributed by atoms with Crippen LogP contribution in [0.25, 0.3) is 0 Å². The van der Waals surface area contributed by atoms with Crippen LogP contribution in [-0.4, -0.2) is 107 Å². The van der Waals surface area contributed by atoms with Crippen LogP contribution in [-0.2, 0) is 14.4 Å². The van der Waals surface area contributed by atoms with E-state index in [-0.39, 0.29) is 62.7 Å². The van der Waals surface area contributed by atoms with Crippen LogP contribution in [0.4, 0.5) is 0 Å². The van der Waals surface area contributed by atoms with Gasteiger partial charge in [-0.3, -0.25) is 9.59 Å². The second-order valence-electron chi connectivity index (χ2n) is 6.66. The van der Waals surface area contributed by atoms with Gasteiger partial charge in [0.2, 0.25) is 5.91 Å². The van der Waals surface area contributed by atoms with Gasteiger partial charge in [0.1, 0.15) is 23.2 Å². The Balaban J connectivity index is 0.00000243. The van der Waals surface area contributed by atoms with E-state index in [4.69, 9.17) is 4.74 Å². The van der Waals surface area contributed by atoms with E-state index < -0.39 is 34.8 Å². The molecule has 2 N–H and O–H groups in total. The normalized spacial score (nSPS) is 26.8. The van der Waals surface area contributed by atoms with Crippen LogP contribution in [0.5, 0.6) is 5.75 Å². The Morgan fingerprint density at radius 1 is 1.31 bits per heavy atom. The van der Waals surface area contributed by atoms with Crippen LogP contribution in [0.1, 0.15) is 20.8 Å². The van der Waals surface area contributed by atoms with Crippen molar-refractivity contribution in [3.8, 4) is 5.75 Å². The molecular weight excluding hydrogens is 383 g/mol. The molecule has 1 radical (unpaired) electrons. The summed E-state index contributed by atoms with van der Waals surface area (Å²) in [4.78, 5) is 37.5. The summed E-state index contributed by atoms with van der Waals surface area (Å²) in [5, 5.41) is 11.7. The van der Waals surface area contributed by atoms with E-state index in [1.54, 1.807) is 45.0 Å². The van der Waals surface area contributed by atoms with E-state index in [2.05, 4.69) is 5.32 Å². The first-order valence-electron chi connectivity index (χ1n) is 7.97. The number of carbonyl (C=O) groups excluding carboxylic acids is 2. The van der Waals surface area contributed by atoms with Gasteiger partial charge in [-0.2, -0.15) is 0 Å². The van der Waals surface area contributed by atoms with E-state index in [1.807, 2.05) is 6.07 Å². The molecule has 2 aliphatic rings. The van der Waals surface area contributed by atoms with Crippen molar-refractivity contribution >= 4 is 80.9 Å². The van der Waals surface area contributed by atoms with Gasteiger partial charge in [-0.1, -0.05) is 18.2 Å². The molecular formula is C17H20KN2O5S. The van der Waals surface area contributed by atoms with Crippen LogP contribution < -0.4 is 10.1 Å². The molecule has 7 nitrogen and oxygen atoms in total. The number of aliphatic carboxylic acids is 1. The van der Waals surface area contributed by atoms with E-state index >= 15 is 0 Å². The zero-order valence-corrected chi connectivity index (χ0v) is 19.1. The number of thioether (sulfide) groups is 1. The Morgan fingerprint density at radius 3 is 2.50 bits per heavy atom. The molecule has 2 saturated heterocycles. The van der Waals surface area contributed by atoms with Crippen LogP contribution in [0.15, 0.2) is 30.3 Å². The van der Waals surface area contributed by atoms with Gasteiger partial charge in [0.25, 0.3) is 5.91 Å². The van der Waals surface area contributed by atoms with Gasteiger partial charge in [-0.15, -0.1) is 11.8 Å². The zero-order chi connectivity index (χ0) is 18.4. The van der Waals surface area contributed by atoms with Gasteiger partial charge in [0.15, 0.2) is 6.10 Å². The number of carboxylic acid groups (broad SMARTS) is 1. The molecule has 1 unspecified atom stereocenters. The third kappa shape index (κ3) is 3.97. The zero-order valence-electron chi connectivity index (χ0n) is 15.1. The number of benzene rings is 1. The Morgan fingerprint density at radius 2 is 1.92 bits per heavy atom. The number of nitrogens with zero attached hydrogens (tertiary/aromatic N) is 1. The first-order chi connectivity index (χ1) is 11.7. The van der Waals surface area contributed by atoms with Gasteiger partial charge >= 0.3 is 5.97 Å². The predicted octanol–water partition coefficient (Wildman–Crippen LogP) is 0.705. The van der Waals surface area contributed by atoms with Crippen molar-refractivity contribution in [2.75, 3.05) is 0 Å². The molecule has 3 rings (SSSR count). The van der Waals surface area contributed by atoms with Crippen molar-refractivity contribution in [3.05, 3.63) is 30.3 Å². The predicted molar refractivity (Wildman–Crippen MR) is 97.9 cm³/mol. The molecule has 0 aromatic heterocycles. The molecule has 0 saturated carbocycles. The number of β-lactam (4-membered cyclic amide) rings is 1. The number of para-hydroxylation sites is 1. The summed E-state index contributed by atoms with van der Waals surface area (Å²) in [7, 11) is 0. The molecule has 1 aromatic rings. The third-order valence-electron chi connectivity index (χ3n) is 4.40. The van der Waals surface area contributed by atoms with Crippen LogP contribution in [0.2, 0.25) is 0 Å². The number of fused-ring (bicyclic) bond motifs is 1. The second-order valence-corrected chi connectivity index (χ2v) is 8.43. The summed E-state index contributed by atoms with van der Waals surface area (Å²) in [5.74, 6) is -1.23. The molecule has 9 heteroatoms. The summed E-state index contributed by atoms with van der Waals surface area (Å²) in [6.45, 7) is 5.19. The number of carbonyl (C=O) groups is 3. The van der Waals surface area contributed by atoms with Crippen molar-refractivity contribution in [1.29, 1.82) is 0 Å². The van der Waals surface area contributed by atoms with Crippen molar-refractivity contribution < 1.29 is 24.2 Å². The molecule has 2 heterocycles. The van der Waals surface area contributed by atoms with Gasteiger partial charge in [0.05, 0.1) is 0 Å². The minimum absolute atomic E-state index is 0. The molecule has 2 fully saturated rings. The molecule has 0 spiro atoms. The molecule has 135 valence electrons. The van der Waals surface area contributed by atoms with Crippen LogP contribution in [0.3, 0.4) is 0 Å². The van der Waals surface area contributed by atoms with E-state index in [1.165, 1.54) is 16.7 Å². The quantitative estimate of drug-likeness (QED) is 0.555. The average molecular weight is 404 g/mol. The standard InChI is InChI=1S/C17H20N2O5S.K/c1-9(24-10-7-5-4-6-8-10)13(20)18-11-14(21)19-12(16(22)23)17(2,3)25-15(11)19;/h4-9,11-12,15H,1-3H3,(H,18,20)(H,22,23);/t9?,11-,12+,15-;/m1./s1. The number of amides is 2. The maximum absolute atomic E-state index is 12.4. The van der Waals surface area contributed by atoms with Gasteiger partial charge < -0.3 is 20.1 Å². The van der Waals surface area contributed by atoms with Crippen LogP contribution >= 0.6 is 11.8 Å². The molecule has 4 atom stereocenters. The average Bonchev–Trinajstić information content (AvgIpc) is 2.81. The minimum atomic E-state index is -1.03. The Labute approximate surface area is 198 Å². The molecule has 1 aromatic carbocycles. The largest absolute Gasteiger partial charge is 0.481 e. The van der Waals surface area contributed by atoms with Crippen molar-refractivity contribution in [2.45, 2.75) is 49.1 Å². The van der Waals surface area contributed by atoms with Crippen molar-refractivity contribution in [3.63, 3.8) is 0 Å². The number of nitrogens with one attached hydrogen (secondary N) is 1. The Hall–Kier alpha value is -0.584. The minimum Gasteiger partial charge on any atom is -0.481 e. The Kier molecular flexibility index (Phi) is 6.84. The fraction of sp³-hybridized carbons (Fsp3) is 0.471. The summed E-state index contributed by atoms with van der Waals surface area (Å²) in [6, 6.07) is 7.33.